The molecule has 0 saturated heterocycles. The number of hydrogen-bond acceptors (Lipinski definition) is 5. The van der Waals surface area contributed by atoms with Crippen LogP contribution >= 0.6 is 11.8 Å². The highest BCUT2D eigenvalue weighted by Gasteiger charge is 2.35. The van der Waals surface area contributed by atoms with E-state index < -0.39 is 22.0 Å². The number of hydrogen-bond donors (Lipinski definition) is 3. The van der Waals surface area contributed by atoms with Gasteiger partial charge in [0.05, 0.1) is 18.1 Å². The Morgan fingerprint density at radius 1 is 1.55 bits per heavy atom. The molecule has 1 aromatic heterocycles. The summed E-state index contributed by atoms with van der Waals surface area (Å²) in [7, 11) is 0. The minimum atomic E-state index is -1.08. The summed E-state index contributed by atoms with van der Waals surface area (Å²) in [6, 6.07) is 2.48. The molecular formula is C13H20N2O4S. The standard InChI is InChI=1S/C13H20N2O4S/c1-8(20-13(2,3)10(14)12(17)18)11(16)15-7-9-5-4-6-19-9/h4-6,8,10H,7,14H2,1-3H3,(H,15,16)(H,17,18)/t8?,10-/m1/s1. The first kappa shape index (κ1) is 16.6. The molecule has 1 heterocycles. The average molecular weight is 300 g/mol. The van der Waals surface area contributed by atoms with E-state index in [1.54, 1.807) is 32.9 Å². The van der Waals surface area contributed by atoms with Crippen molar-refractivity contribution in [3.63, 3.8) is 0 Å². The third-order valence-electron chi connectivity index (χ3n) is 2.88. The Morgan fingerprint density at radius 2 is 2.20 bits per heavy atom. The van der Waals surface area contributed by atoms with E-state index in [9.17, 15) is 9.59 Å². The average Bonchev–Trinajstić information content (AvgIpc) is 2.87. The second kappa shape index (κ2) is 6.81. The van der Waals surface area contributed by atoms with Crippen LogP contribution in [-0.4, -0.2) is 33.0 Å². The topological polar surface area (TPSA) is 106 Å². The first-order valence-corrected chi connectivity index (χ1v) is 7.08. The van der Waals surface area contributed by atoms with Gasteiger partial charge in [-0.2, -0.15) is 0 Å². The van der Waals surface area contributed by atoms with Crippen LogP contribution in [0.5, 0.6) is 0 Å². The quantitative estimate of drug-likeness (QED) is 0.699. The van der Waals surface area contributed by atoms with E-state index in [0.717, 1.165) is 0 Å². The zero-order valence-electron chi connectivity index (χ0n) is 11.8. The summed E-state index contributed by atoms with van der Waals surface area (Å²) in [6.45, 7) is 5.46. The Kier molecular flexibility index (Phi) is 5.64. The van der Waals surface area contributed by atoms with Crippen molar-refractivity contribution in [1.29, 1.82) is 0 Å². The van der Waals surface area contributed by atoms with Crippen LogP contribution in [0.4, 0.5) is 0 Å². The number of nitrogens with one attached hydrogen (secondary N) is 1. The van der Waals surface area contributed by atoms with Crippen LogP contribution in [0.3, 0.4) is 0 Å². The zero-order chi connectivity index (χ0) is 15.3. The SMILES string of the molecule is CC(SC(C)(C)[C@H](N)C(=O)O)C(=O)NCc1ccco1. The predicted molar refractivity (Wildman–Crippen MR) is 77.3 cm³/mol. The minimum Gasteiger partial charge on any atom is -0.480 e. The highest BCUT2D eigenvalue weighted by atomic mass is 32.2. The Balaban J connectivity index is 2.50. The molecule has 0 fully saturated rings. The van der Waals surface area contributed by atoms with Gasteiger partial charge >= 0.3 is 5.97 Å². The Morgan fingerprint density at radius 3 is 2.70 bits per heavy atom. The largest absolute Gasteiger partial charge is 0.480 e. The van der Waals surface area contributed by atoms with Crippen molar-refractivity contribution < 1.29 is 19.1 Å². The molecule has 0 bridgehead atoms. The highest BCUT2D eigenvalue weighted by molar-refractivity contribution is 8.02. The van der Waals surface area contributed by atoms with E-state index in [0.29, 0.717) is 12.3 Å². The zero-order valence-corrected chi connectivity index (χ0v) is 12.6. The molecule has 0 aliphatic rings. The minimum absolute atomic E-state index is 0.183. The molecule has 0 saturated carbocycles. The molecule has 20 heavy (non-hydrogen) atoms. The summed E-state index contributed by atoms with van der Waals surface area (Å²) in [6.07, 6.45) is 1.54. The molecule has 0 aliphatic heterocycles. The van der Waals surface area contributed by atoms with Gasteiger partial charge in [0.25, 0.3) is 0 Å². The second-order valence-electron chi connectivity index (χ2n) is 4.98. The molecule has 112 valence electrons. The first-order chi connectivity index (χ1) is 9.24. The summed E-state index contributed by atoms with van der Waals surface area (Å²) in [4.78, 5) is 22.9. The van der Waals surface area contributed by atoms with Gasteiger partial charge in [-0.25, -0.2) is 0 Å². The first-order valence-electron chi connectivity index (χ1n) is 6.20. The molecule has 1 amide bonds. The fraction of sp³-hybridized carbons (Fsp3) is 0.538. The molecule has 4 N–H and O–H groups in total. The summed E-state index contributed by atoms with van der Waals surface area (Å²) in [5.74, 6) is -0.597. The predicted octanol–water partition coefficient (Wildman–Crippen LogP) is 1.21. The molecule has 1 rings (SSSR count). The Hall–Kier alpha value is -1.47. The van der Waals surface area contributed by atoms with Gasteiger partial charge in [0.15, 0.2) is 0 Å². The van der Waals surface area contributed by atoms with Crippen molar-refractivity contribution in [2.45, 2.75) is 43.4 Å². The van der Waals surface area contributed by atoms with E-state index in [1.165, 1.54) is 18.0 Å². The van der Waals surface area contributed by atoms with E-state index in [1.807, 2.05) is 0 Å². The number of carbonyl (C=O) groups is 2. The third kappa shape index (κ3) is 4.57. The lowest BCUT2D eigenvalue weighted by atomic mass is 10.1. The van der Waals surface area contributed by atoms with E-state index in [4.69, 9.17) is 15.3 Å². The molecule has 7 heteroatoms. The molecule has 2 atom stereocenters. The van der Waals surface area contributed by atoms with Crippen molar-refractivity contribution in [3.8, 4) is 0 Å². The van der Waals surface area contributed by atoms with Gasteiger partial charge in [0.1, 0.15) is 11.8 Å². The van der Waals surface area contributed by atoms with Crippen molar-refractivity contribution in [3.05, 3.63) is 24.2 Å². The van der Waals surface area contributed by atoms with Crippen molar-refractivity contribution >= 4 is 23.6 Å². The maximum atomic E-state index is 11.9. The lowest BCUT2D eigenvalue weighted by Crippen LogP contribution is -2.48. The molecule has 0 radical (unpaired) electrons. The molecular weight excluding hydrogens is 280 g/mol. The monoisotopic (exact) mass is 300 g/mol. The summed E-state index contributed by atoms with van der Waals surface area (Å²) in [5, 5.41) is 11.3. The number of rotatable bonds is 7. The fourth-order valence-corrected chi connectivity index (χ4v) is 2.96. The number of nitrogens with two attached hydrogens (primary N) is 1. The normalized spacial score (nSPS) is 14.6. The van der Waals surface area contributed by atoms with Crippen LogP contribution in [0, 0.1) is 0 Å². The molecule has 1 unspecified atom stereocenters. The van der Waals surface area contributed by atoms with Crippen LogP contribution < -0.4 is 11.1 Å². The van der Waals surface area contributed by atoms with Gasteiger partial charge in [0.2, 0.25) is 5.91 Å². The number of furan rings is 1. The van der Waals surface area contributed by atoms with Gasteiger partial charge in [-0.3, -0.25) is 9.59 Å². The number of thioether (sulfide) groups is 1. The van der Waals surface area contributed by atoms with Crippen LogP contribution in [0.25, 0.3) is 0 Å². The van der Waals surface area contributed by atoms with Crippen molar-refractivity contribution in [1.82, 2.24) is 5.32 Å². The van der Waals surface area contributed by atoms with Gasteiger partial charge < -0.3 is 20.6 Å². The van der Waals surface area contributed by atoms with Crippen LogP contribution in [0.2, 0.25) is 0 Å². The number of carboxylic acids is 1. The Labute approximate surface area is 122 Å². The smallest absolute Gasteiger partial charge is 0.321 e. The number of carboxylic acid groups (broad SMARTS) is 1. The van der Waals surface area contributed by atoms with Gasteiger partial charge in [0, 0.05) is 4.75 Å². The molecule has 6 nitrogen and oxygen atoms in total. The molecule has 0 aromatic carbocycles. The number of aliphatic carboxylic acids is 1. The number of amides is 1. The van der Waals surface area contributed by atoms with E-state index in [-0.39, 0.29) is 5.91 Å². The van der Waals surface area contributed by atoms with Crippen LogP contribution in [-0.2, 0) is 16.1 Å². The van der Waals surface area contributed by atoms with E-state index >= 15 is 0 Å². The van der Waals surface area contributed by atoms with E-state index in [2.05, 4.69) is 5.32 Å². The second-order valence-corrected chi connectivity index (χ2v) is 6.97. The van der Waals surface area contributed by atoms with Gasteiger partial charge in [-0.15, -0.1) is 11.8 Å². The molecule has 0 spiro atoms. The fourth-order valence-electron chi connectivity index (χ4n) is 1.61. The lowest BCUT2D eigenvalue weighted by Gasteiger charge is -2.30. The maximum Gasteiger partial charge on any atom is 0.321 e. The van der Waals surface area contributed by atoms with Crippen molar-refractivity contribution in [2.24, 2.45) is 5.73 Å². The van der Waals surface area contributed by atoms with Crippen molar-refractivity contribution in [2.75, 3.05) is 0 Å². The van der Waals surface area contributed by atoms with Gasteiger partial charge in [-0.1, -0.05) is 0 Å². The summed E-state index contributed by atoms with van der Waals surface area (Å²) < 4.78 is 4.37. The summed E-state index contributed by atoms with van der Waals surface area (Å²) >= 11 is 1.24. The maximum absolute atomic E-state index is 11.9. The van der Waals surface area contributed by atoms with Crippen LogP contribution in [0.15, 0.2) is 22.8 Å². The third-order valence-corrected chi connectivity index (χ3v) is 4.31. The summed E-state index contributed by atoms with van der Waals surface area (Å²) in [5.41, 5.74) is 5.63. The lowest BCUT2D eigenvalue weighted by molar-refractivity contribution is -0.139. The van der Waals surface area contributed by atoms with Gasteiger partial charge in [-0.05, 0) is 32.9 Å². The molecule has 1 aromatic rings. The highest BCUT2D eigenvalue weighted by Crippen LogP contribution is 2.31. The molecule has 0 aliphatic carbocycles. The number of carbonyl (C=O) groups excluding carboxylic acids is 1. The Bertz CT molecular complexity index is 459. The van der Waals surface area contributed by atoms with Crippen LogP contribution in [0.1, 0.15) is 26.5 Å².